The molecule has 6 heteroatoms. The third kappa shape index (κ3) is 3.30. The molecule has 1 saturated heterocycles. The zero-order valence-electron chi connectivity index (χ0n) is 11.0. The van der Waals surface area contributed by atoms with Crippen LogP contribution in [0.5, 0.6) is 0 Å². The summed E-state index contributed by atoms with van der Waals surface area (Å²) in [6, 6.07) is 7.85. The van der Waals surface area contributed by atoms with Gasteiger partial charge in [-0.05, 0) is 31.2 Å². The SMILES string of the molecule is CC(C(N)=NO)N1CCN(c2ccc(Cl)cc2)CC1. The van der Waals surface area contributed by atoms with Crippen molar-refractivity contribution in [1.29, 1.82) is 0 Å². The summed E-state index contributed by atoms with van der Waals surface area (Å²) < 4.78 is 0. The summed E-state index contributed by atoms with van der Waals surface area (Å²) in [5.41, 5.74) is 6.82. The van der Waals surface area contributed by atoms with Gasteiger partial charge in [0.05, 0.1) is 6.04 Å². The molecule has 104 valence electrons. The van der Waals surface area contributed by atoms with Gasteiger partial charge >= 0.3 is 0 Å². The second-order valence-electron chi connectivity index (χ2n) is 4.70. The zero-order chi connectivity index (χ0) is 13.8. The minimum Gasteiger partial charge on any atom is -0.409 e. The molecule has 0 aliphatic carbocycles. The molecule has 19 heavy (non-hydrogen) atoms. The minimum atomic E-state index is -0.0302. The number of nitrogens with two attached hydrogens (primary N) is 1. The Bertz CT molecular complexity index is 440. The molecular weight excluding hydrogens is 264 g/mol. The molecule has 2 rings (SSSR count). The fraction of sp³-hybridized carbons (Fsp3) is 0.462. The predicted molar refractivity (Wildman–Crippen MR) is 78.1 cm³/mol. The normalized spacial score (nSPS) is 19.5. The fourth-order valence-corrected chi connectivity index (χ4v) is 2.42. The predicted octanol–water partition coefficient (Wildman–Crippen LogP) is 1.60. The first-order chi connectivity index (χ1) is 9.11. The van der Waals surface area contributed by atoms with Crippen molar-refractivity contribution in [2.75, 3.05) is 31.1 Å². The van der Waals surface area contributed by atoms with Crippen molar-refractivity contribution in [3.63, 3.8) is 0 Å². The van der Waals surface area contributed by atoms with Crippen molar-refractivity contribution in [2.24, 2.45) is 10.9 Å². The van der Waals surface area contributed by atoms with E-state index >= 15 is 0 Å². The summed E-state index contributed by atoms with van der Waals surface area (Å²) in [4.78, 5) is 4.52. The second kappa shape index (κ2) is 6.12. The number of anilines is 1. The van der Waals surface area contributed by atoms with E-state index in [1.54, 1.807) is 0 Å². The van der Waals surface area contributed by atoms with E-state index in [-0.39, 0.29) is 11.9 Å². The Morgan fingerprint density at radius 1 is 1.26 bits per heavy atom. The van der Waals surface area contributed by atoms with Crippen molar-refractivity contribution in [1.82, 2.24) is 4.90 Å². The Morgan fingerprint density at radius 3 is 2.37 bits per heavy atom. The first-order valence-electron chi connectivity index (χ1n) is 6.34. The van der Waals surface area contributed by atoms with Crippen LogP contribution in [0.15, 0.2) is 29.4 Å². The lowest BCUT2D eigenvalue weighted by molar-refractivity contribution is 0.230. The zero-order valence-corrected chi connectivity index (χ0v) is 11.7. The third-order valence-corrected chi connectivity index (χ3v) is 3.85. The largest absolute Gasteiger partial charge is 0.409 e. The van der Waals surface area contributed by atoms with Crippen molar-refractivity contribution < 1.29 is 5.21 Å². The minimum absolute atomic E-state index is 0.0302. The standard InChI is InChI=1S/C13H19ClN4O/c1-10(13(15)16-19)17-6-8-18(9-7-17)12-4-2-11(14)3-5-12/h2-5,10,19H,6-9H2,1H3,(H2,15,16). The van der Waals surface area contributed by atoms with Crippen LogP contribution in [0.4, 0.5) is 5.69 Å². The molecule has 1 fully saturated rings. The lowest BCUT2D eigenvalue weighted by atomic mass is 10.2. The monoisotopic (exact) mass is 282 g/mol. The van der Waals surface area contributed by atoms with E-state index in [0.717, 1.165) is 31.2 Å². The molecule has 1 heterocycles. The molecule has 1 atom stereocenters. The lowest BCUT2D eigenvalue weighted by Gasteiger charge is -2.38. The first-order valence-corrected chi connectivity index (χ1v) is 6.71. The Labute approximate surface area is 118 Å². The van der Waals surface area contributed by atoms with Gasteiger partial charge in [-0.15, -0.1) is 0 Å². The van der Waals surface area contributed by atoms with Crippen LogP contribution in [-0.4, -0.2) is 48.2 Å². The maximum absolute atomic E-state index is 8.71. The van der Waals surface area contributed by atoms with Crippen molar-refractivity contribution in [3.8, 4) is 0 Å². The van der Waals surface area contributed by atoms with Crippen molar-refractivity contribution >= 4 is 23.1 Å². The molecule has 0 saturated carbocycles. The summed E-state index contributed by atoms with van der Waals surface area (Å²) >= 11 is 5.89. The van der Waals surface area contributed by atoms with E-state index in [9.17, 15) is 0 Å². The molecule has 1 unspecified atom stereocenters. The van der Waals surface area contributed by atoms with E-state index in [2.05, 4.69) is 15.0 Å². The van der Waals surface area contributed by atoms with E-state index in [0.29, 0.717) is 0 Å². The van der Waals surface area contributed by atoms with Gasteiger partial charge < -0.3 is 15.8 Å². The third-order valence-electron chi connectivity index (χ3n) is 3.60. The molecule has 1 aromatic rings. The number of hydrogen-bond donors (Lipinski definition) is 2. The molecule has 0 bridgehead atoms. The Hall–Kier alpha value is -1.46. The fourth-order valence-electron chi connectivity index (χ4n) is 2.29. The number of rotatable bonds is 3. The molecule has 1 aliphatic rings. The number of benzene rings is 1. The van der Waals surface area contributed by atoms with Crippen molar-refractivity contribution in [2.45, 2.75) is 13.0 Å². The van der Waals surface area contributed by atoms with Crippen LogP contribution in [0.25, 0.3) is 0 Å². The van der Waals surface area contributed by atoms with E-state index in [4.69, 9.17) is 22.5 Å². The highest BCUT2D eigenvalue weighted by Gasteiger charge is 2.23. The van der Waals surface area contributed by atoms with Gasteiger partial charge in [0.15, 0.2) is 5.84 Å². The number of nitrogens with zero attached hydrogens (tertiary/aromatic N) is 3. The molecule has 1 aromatic carbocycles. The van der Waals surface area contributed by atoms with Gasteiger partial charge in [0, 0.05) is 36.9 Å². The topological polar surface area (TPSA) is 65.1 Å². The first kappa shape index (κ1) is 14.0. The number of halogens is 1. The maximum Gasteiger partial charge on any atom is 0.156 e. The summed E-state index contributed by atoms with van der Waals surface area (Å²) in [6.07, 6.45) is 0. The highest BCUT2D eigenvalue weighted by molar-refractivity contribution is 6.30. The maximum atomic E-state index is 8.71. The van der Waals surface area contributed by atoms with Crippen molar-refractivity contribution in [3.05, 3.63) is 29.3 Å². The second-order valence-corrected chi connectivity index (χ2v) is 5.14. The number of amidine groups is 1. The number of oxime groups is 1. The Morgan fingerprint density at radius 2 is 1.84 bits per heavy atom. The van der Waals surface area contributed by atoms with E-state index < -0.39 is 0 Å². The summed E-state index contributed by atoms with van der Waals surface area (Å²) in [5, 5.41) is 12.5. The van der Waals surface area contributed by atoms with Crippen LogP contribution >= 0.6 is 11.6 Å². The summed E-state index contributed by atoms with van der Waals surface area (Å²) in [6.45, 7) is 5.57. The quantitative estimate of drug-likeness (QED) is 0.382. The van der Waals surface area contributed by atoms with Gasteiger partial charge in [-0.1, -0.05) is 16.8 Å². The van der Waals surface area contributed by atoms with Crippen LogP contribution < -0.4 is 10.6 Å². The van der Waals surface area contributed by atoms with Crippen LogP contribution in [0.2, 0.25) is 5.02 Å². The lowest BCUT2D eigenvalue weighted by Crippen LogP contribution is -2.53. The highest BCUT2D eigenvalue weighted by Crippen LogP contribution is 2.19. The summed E-state index contributed by atoms with van der Waals surface area (Å²) in [5.74, 6) is 0.264. The van der Waals surface area contributed by atoms with E-state index in [1.165, 1.54) is 5.69 Å². The Kier molecular flexibility index (Phi) is 4.50. The van der Waals surface area contributed by atoms with E-state index in [1.807, 2.05) is 31.2 Å². The highest BCUT2D eigenvalue weighted by atomic mass is 35.5. The number of hydrogen-bond acceptors (Lipinski definition) is 4. The molecule has 3 N–H and O–H groups in total. The van der Waals surface area contributed by atoms with Gasteiger partial charge in [-0.3, -0.25) is 4.90 Å². The van der Waals surface area contributed by atoms with Gasteiger partial charge in [0.2, 0.25) is 0 Å². The summed E-state index contributed by atoms with van der Waals surface area (Å²) in [7, 11) is 0. The molecular formula is C13H19ClN4O. The molecule has 0 aromatic heterocycles. The van der Waals surface area contributed by atoms with Gasteiger partial charge in [-0.25, -0.2) is 0 Å². The Balaban J connectivity index is 1.94. The van der Waals surface area contributed by atoms with Gasteiger partial charge in [0.1, 0.15) is 0 Å². The molecule has 0 amide bonds. The van der Waals surface area contributed by atoms with Crippen LogP contribution in [0.1, 0.15) is 6.92 Å². The van der Waals surface area contributed by atoms with Crippen LogP contribution in [-0.2, 0) is 0 Å². The van der Waals surface area contributed by atoms with Crippen LogP contribution in [0.3, 0.4) is 0 Å². The smallest absolute Gasteiger partial charge is 0.156 e. The number of piperazine rings is 1. The molecule has 5 nitrogen and oxygen atoms in total. The van der Waals surface area contributed by atoms with Crippen LogP contribution in [0, 0.1) is 0 Å². The average Bonchev–Trinajstić information content (AvgIpc) is 2.46. The molecule has 0 spiro atoms. The molecule has 1 aliphatic heterocycles. The molecule has 0 radical (unpaired) electrons. The average molecular weight is 283 g/mol. The van der Waals surface area contributed by atoms with Gasteiger partial charge in [-0.2, -0.15) is 0 Å². The van der Waals surface area contributed by atoms with Gasteiger partial charge in [0.25, 0.3) is 0 Å².